The Bertz CT molecular complexity index is 879. The number of oxazole rings is 1. The van der Waals surface area contributed by atoms with Gasteiger partial charge >= 0.3 is 5.76 Å². The van der Waals surface area contributed by atoms with Crippen molar-refractivity contribution in [2.75, 3.05) is 0 Å². The van der Waals surface area contributed by atoms with Gasteiger partial charge in [0.1, 0.15) is 0 Å². The lowest BCUT2D eigenvalue weighted by atomic mass is 9.96. The molecule has 0 saturated heterocycles. The second-order valence-electron chi connectivity index (χ2n) is 5.27. The van der Waals surface area contributed by atoms with Crippen LogP contribution in [0.15, 0.2) is 45.6 Å². The average molecular weight is 282 g/mol. The molecule has 1 aliphatic heterocycles. The summed E-state index contributed by atoms with van der Waals surface area (Å²) in [7, 11) is 0. The van der Waals surface area contributed by atoms with E-state index in [0.717, 1.165) is 11.1 Å². The molecule has 0 aliphatic carbocycles. The minimum atomic E-state index is -0.453. The first-order chi connectivity index (χ1) is 10.2. The van der Waals surface area contributed by atoms with Crippen molar-refractivity contribution in [1.82, 2.24) is 4.98 Å². The third-order valence-corrected chi connectivity index (χ3v) is 3.91. The van der Waals surface area contributed by atoms with Gasteiger partial charge in [-0.05, 0) is 34.4 Å². The fraction of sp³-hybridized carbons (Fsp3) is 0.188. The van der Waals surface area contributed by atoms with Gasteiger partial charge in [0.15, 0.2) is 5.58 Å². The van der Waals surface area contributed by atoms with Gasteiger partial charge in [-0.15, -0.1) is 0 Å². The maximum Gasteiger partial charge on any atom is 0.417 e. The summed E-state index contributed by atoms with van der Waals surface area (Å²) < 4.78 is 10.5. The number of fused-ring (bicyclic) bond motifs is 2. The predicted octanol–water partition coefficient (Wildman–Crippen LogP) is 2.20. The van der Waals surface area contributed by atoms with Crippen LogP contribution in [0.4, 0.5) is 0 Å². The molecule has 0 bridgehead atoms. The van der Waals surface area contributed by atoms with Crippen molar-refractivity contribution >= 4 is 11.1 Å². The Hall–Kier alpha value is -2.37. The van der Waals surface area contributed by atoms with Gasteiger partial charge in [0.2, 0.25) is 0 Å². The molecule has 1 unspecified atom stereocenters. The van der Waals surface area contributed by atoms with Gasteiger partial charge in [-0.25, -0.2) is 4.79 Å². The standard InChI is InChI=1S/C16H14N2O3/c17-15(9-1-2-11-7-20-8-12(11)5-9)10-3-4-13-14(6-10)21-16(19)18-13/h1-6,15H,7-8,17H2,(H,18,19). The summed E-state index contributed by atoms with van der Waals surface area (Å²) >= 11 is 0. The Morgan fingerprint density at radius 2 is 1.81 bits per heavy atom. The number of H-pyrrole nitrogens is 1. The summed E-state index contributed by atoms with van der Waals surface area (Å²) in [4.78, 5) is 13.8. The number of nitrogens with one attached hydrogen (secondary N) is 1. The fourth-order valence-corrected chi connectivity index (χ4v) is 2.73. The quantitative estimate of drug-likeness (QED) is 0.755. The number of rotatable bonds is 2. The third kappa shape index (κ3) is 2.07. The van der Waals surface area contributed by atoms with Gasteiger partial charge in [-0.1, -0.05) is 24.3 Å². The zero-order valence-electron chi connectivity index (χ0n) is 11.3. The molecule has 5 heteroatoms. The van der Waals surface area contributed by atoms with Crippen LogP contribution in [0.3, 0.4) is 0 Å². The highest BCUT2D eigenvalue weighted by Crippen LogP contribution is 2.27. The number of aromatic nitrogens is 1. The third-order valence-electron chi connectivity index (χ3n) is 3.91. The van der Waals surface area contributed by atoms with Gasteiger partial charge in [-0.2, -0.15) is 0 Å². The van der Waals surface area contributed by atoms with Crippen LogP contribution in [0.2, 0.25) is 0 Å². The van der Waals surface area contributed by atoms with Gasteiger partial charge in [0.05, 0.1) is 24.8 Å². The minimum absolute atomic E-state index is 0.263. The van der Waals surface area contributed by atoms with E-state index in [2.05, 4.69) is 17.1 Å². The number of aromatic amines is 1. The molecule has 2 aromatic carbocycles. The molecule has 0 amide bonds. The van der Waals surface area contributed by atoms with Crippen molar-refractivity contribution in [3.8, 4) is 0 Å². The maximum atomic E-state index is 11.2. The van der Waals surface area contributed by atoms with Crippen LogP contribution in [-0.2, 0) is 18.0 Å². The molecule has 2 heterocycles. The molecule has 4 rings (SSSR count). The monoisotopic (exact) mass is 282 g/mol. The summed E-state index contributed by atoms with van der Waals surface area (Å²) in [5.41, 5.74) is 11.9. The van der Waals surface area contributed by atoms with Crippen LogP contribution in [0, 0.1) is 0 Å². The minimum Gasteiger partial charge on any atom is -0.408 e. The summed E-state index contributed by atoms with van der Waals surface area (Å²) in [6.07, 6.45) is 0. The van der Waals surface area contributed by atoms with Crippen LogP contribution >= 0.6 is 0 Å². The van der Waals surface area contributed by atoms with Crippen molar-refractivity contribution in [3.05, 3.63) is 69.2 Å². The van der Waals surface area contributed by atoms with Crippen LogP contribution in [-0.4, -0.2) is 4.98 Å². The predicted molar refractivity (Wildman–Crippen MR) is 77.8 cm³/mol. The molecular formula is C16H14N2O3. The van der Waals surface area contributed by atoms with Gasteiger partial charge < -0.3 is 14.9 Å². The Morgan fingerprint density at radius 1 is 1.05 bits per heavy atom. The van der Waals surface area contributed by atoms with Crippen LogP contribution in [0.1, 0.15) is 28.3 Å². The lowest BCUT2D eigenvalue weighted by molar-refractivity contribution is 0.134. The van der Waals surface area contributed by atoms with Crippen LogP contribution in [0.25, 0.3) is 11.1 Å². The van der Waals surface area contributed by atoms with Crippen LogP contribution in [0.5, 0.6) is 0 Å². The Labute approximate surface area is 120 Å². The zero-order valence-corrected chi connectivity index (χ0v) is 11.3. The van der Waals surface area contributed by atoms with E-state index in [1.54, 1.807) is 0 Å². The summed E-state index contributed by atoms with van der Waals surface area (Å²) in [6.45, 7) is 1.31. The lowest BCUT2D eigenvalue weighted by Gasteiger charge is -2.13. The Balaban J connectivity index is 1.75. The fourth-order valence-electron chi connectivity index (χ4n) is 2.73. The molecule has 3 N–H and O–H groups in total. The van der Waals surface area contributed by atoms with E-state index in [1.165, 1.54) is 11.1 Å². The highest BCUT2D eigenvalue weighted by Gasteiger charge is 2.16. The molecular weight excluding hydrogens is 268 g/mol. The number of benzene rings is 2. The van der Waals surface area contributed by atoms with E-state index in [4.69, 9.17) is 14.9 Å². The molecule has 0 spiro atoms. The maximum absolute atomic E-state index is 11.2. The smallest absolute Gasteiger partial charge is 0.408 e. The molecule has 0 radical (unpaired) electrons. The molecule has 1 atom stereocenters. The first-order valence-electron chi connectivity index (χ1n) is 6.78. The molecule has 106 valence electrons. The second-order valence-corrected chi connectivity index (χ2v) is 5.27. The second kappa shape index (κ2) is 4.58. The van der Waals surface area contributed by atoms with Crippen molar-refractivity contribution in [3.63, 3.8) is 0 Å². The summed E-state index contributed by atoms with van der Waals surface area (Å²) in [5, 5.41) is 0. The summed E-state index contributed by atoms with van der Waals surface area (Å²) in [6, 6.07) is 11.4. The summed E-state index contributed by atoms with van der Waals surface area (Å²) in [5.74, 6) is -0.453. The van der Waals surface area contributed by atoms with Crippen molar-refractivity contribution in [2.24, 2.45) is 5.73 Å². The molecule has 0 fully saturated rings. The molecule has 21 heavy (non-hydrogen) atoms. The molecule has 0 saturated carbocycles. The van der Waals surface area contributed by atoms with E-state index >= 15 is 0 Å². The largest absolute Gasteiger partial charge is 0.417 e. The van der Waals surface area contributed by atoms with E-state index in [-0.39, 0.29) is 6.04 Å². The average Bonchev–Trinajstić information content (AvgIpc) is 3.09. The Kier molecular flexibility index (Phi) is 2.70. The SMILES string of the molecule is NC(c1ccc2c(c1)COC2)c1ccc2[nH]c(=O)oc2c1. The van der Waals surface area contributed by atoms with Gasteiger partial charge in [-0.3, -0.25) is 4.98 Å². The molecule has 3 aromatic rings. The number of hydrogen-bond acceptors (Lipinski definition) is 4. The topological polar surface area (TPSA) is 81.2 Å². The molecule has 1 aliphatic rings. The van der Waals surface area contributed by atoms with E-state index in [1.807, 2.05) is 24.3 Å². The van der Waals surface area contributed by atoms with E-state index < -0.39 is 5.76 Å². The first kappa shape index (κ1) is 12.4. The highest BCUT2D eigenvalue weighted by molar-refractivity contribution is 5.73. The normalized spacial score (nSPS) is 15.3. The van der Waals surface area contributed by atoms with Gasteiger partial charge in [0, 0.05) is 0 Å². The van der Waals surface area contributed by atoms with Gasteiger partial charge in [0.25, 0.3) is 0 Å². The molecule has 5 nitrogen and oxygen atoms in total. The lowest BCUT2D eigenvalue weighted by Crippen LogP contribution is -2.12. The number of hydrogen-bond donors (Lipinski definition) is 2. The van der Waals surface area contributed by atoms with Crippen LogP contribution < -0.4 is 11.5 Å². The Morgan fingerprint density at radius 3 is 2.71 bits per heavy atom. The van der Waals surface area contributed by atoms with Crippen molar-refractivity contribution in [1.29, 1.82) is 0 Å². The van der Waals surface area contributed by atoms with Crippen molar-refractivity contribution in [2.45, 2.75) is 19.3 Å². The first-order valence-corrected chi connectivity index (χ1v) is 6.78. The number of nitrogens with two attached hydrogens (primary N) is 1. The highest BCUT2D eigenvalue weighted by atomic mass is 16.5. The van der Waals surface area contributed by atoms with E-state index in [9.17, 15) is 4.79 Å². The molecule has 1 aromatic heterocycles. The zero-order chi connectivity index (χ0) is 14.4. The van der Waals surface area contributed by atoms with E-state index in [0.29, 0.717) is 24.3 Å². The number of ether oxygens (including phenoxy) is 1. The van der Waals surface area contributed by atoms with Crippen molar-refractivity contribution < 1.29 is 9.15 Å².